The summed E-state index contributed by atoms with van der Waals surface area (Å²) in [4.78, 5) is 26.0. The number of aliphatic hydroxyl groups is 1. The Morgan fingerprint density at radius 2 is 1.86 bits per heavy atom. The molecule has 0 atom stereocenters. The van der Waals surface area contributed by atoms with Crippen LogP contribution in [-0.2, 0) is 11.3 Å². The fourth-order valence-electron chi connectivity index (χ4n) is 3.23. The molecule has 1 amide bonds. The molecule has 1 saturated heterocycles. The molecule has 0 spiro atoms. The van der Waals surface area contributed by atoms with E-state index in [4.69, 9.17) is 4.74 Å². The second kappa shape index (κ2) is 8.14. The number of amides is 1. The number of likely N-dealkylation sites (tertiary alicyclic amines) is 1. The van der Waals surface area contributed by atoms with Gasteiger partial charge < -0.3 is 14.7 Å². The largest absolute Gasteiger partial charge is 0.491 e. The highest BCUT2D eigenvalue weighted by Crippen LogP contribution is 2.25. The number of hydrogen-bond donors (Lipinski definition) is 1. The zero-order valence-corrected chi connectivity index (χ0v) is 16.6. The number of ether oxygens (including phenoxy) is 1. The number of carbonyl (C=O) groups is 1. The van der Waals surface area contributed by atoms with Gasteiger partial charge in [-0.05, 0) is 62.9 Å². The van der Waals surface area contributed by atoms with Crippen molar-refractivity contribution < 1.29 is 14.6 Å². The van der Waals surface area contributed by atoms with Crippen molar-refractivity contribution in [2.24, 2.45) is 0 Å². The van der Waals surface area contributed by atoms with E-state index in [1.807, 2.05) is 32.0 Å². The molecule has 0 unspecified atom stereocenters. The van der Waals surface area contributed by atoms with Crippen LogP contribution >= 0.6 is 0 Å². The monoisotopic (exact) mass is 385 g/mol. The van der Waals surface area contributed by atoms with Gasteiger partial charge in [0.15, 0.2) is 0 Å². The van der Waals surface area contributed by atoms with Gasteiger partial charge in [-0.1, -0.05) is 6.07 Å². The van der Waals surface area contributed by atoms with Crippen molar-refractivity contribution >= 4 is 5.91 Å². The number of hydrogen-bond acceptors (Lipinski definition) is 5. The van der Waals surface area contributed by atoms with Crippen LogP contribution in [0.1, 0.15) is 29.7 Å². The van der Waals surface area contributed by atoms with Crippen LogP contribution in [0.25, 0.3) is 0 Å². The van der Waals surface area contributed by atoms with Crippen molar-refractivity contribution in [1.82, 2.24) is 14.7 Å². The molecule has 28 heavy (non-hydrogen) atoms. The smallest absolute Gasteiger partial charge is 0.267 e. The summed E-state index contributed by atoms with van der Waals surface area (Å²) in [6.07, 6.45) is 0.861. The first-order valence-corrected chi connectivity index (χ1v) is 9.51. The van der Waals surface area contributed by atoms with Gasteiger partial charge in [0.25, 0.3) is 5.56 Å². The average molecular weight is 385 g/mol. The molecule has 2 aromatic rings. The second-order valence-corrected chi connectivity index (χ2v) is 7.61. The fraction of sp³-hybridized carbons (Fsp3) is 0.476. The Morgan fingerprint density at radius 3 is 2.54 bits per heavy atom. The summed E-state index contributed by atoms with van der Waals surface area (Å²) in [7, 11) is 0. The molecule has 1 aliphatic heterocycles. The Bertz CT molecular complexity index is 914. The number of nitrogens with zero attached hydrogens (tertiary/aromatic N) is 3. The second-order valence-electron chi connectivity index (χ2n) is 7.61. The maximum Gasteiger partial charge on any atom is 0.267 e. The van der Waals surface area contributed by atoms with E-state index in [1.165, 1.54) is 16.3 Å². The van der Waals surface area contributed by atoms with Crippen molar-refractivity contribution in [3.05, 3.63) is 57.5 Å². The van der Waals surface area contributed by atoms with Crippen LogP contribution in [0.5, 0.6) is 5.75 Å². The normalized spacial score (nSPS) is 16.1. The summed E-state index contributed by atoms with van der Waals surface area (Å²) in [6.45, 7) is 6.79. The van der Waals surface area contributed by atoms with Gasteiger partial charge in [0.2, 0.25) is 5.91 Å². The van der Waals surface area contributed by atoms with Crippen LogP contribution in [-0.4, -0.2) is 51.0 Å². The van der Waals surface area contributed by atoms with Crippen LogP contribution in [0.15, 0.2) is 35.1 Å². The maximum absolute atomic E-state index is 12.5. The lowest BCUT2D eigenvalue weighted by Gasteiger charge is -2.38. The van der Waals surface area contributed by atoms with E-state index in [2.05, 4.69) is 5.10 Å². The minimum absolute atomic E-state index is 0.0852. The molecule has 7 nitrogen and oxygen atoms in total. The van der Waals surface area contributed by atoms with Crippen molar-refractivity contribution in [2.45, 2.75) is 45.8 Å². The summed E-state index contributed by atoms with van der Waals surface area (Å²) >= 11 is 0. The quantitative estimate of drug-likeness (QED) is 0.845. The van der Waals surface area contributed by atoms with Gasteiger partial charge in [0.05, 0.1) is 5.69 Å². The predicted octanol–water partition coefficient (Wildman–Crippen LogP) is 1.60. The molecule has 1 N–H and O–H groups in total. The number of rotatable bonds is 5. The third kappa shape index (κ3) is 4.78. The van der Waals surface area contributed by atoms with E-state index < -0.39 is 5.60 Å². The van der Waals surface area contributed by atoms with E-state index in [1.54, 1.807) is 17.9 Å². The summed E-state index contributed by atoms with van der Waals surface area (Å²) in [6, 6.07) is 8.90. The summed E-state index contributed by atoms with van der Waals surface area (Å²) in [5, 5.41) is 14.9. The lowest BCUT2D eigenvalue weighted by molar-refractivity contribution is -0.137. The molecule has 3 rings (SSSR count). The minimum Gasteiger partial charge on any atom is -0.491 e. The predicted molar refractivity (Wildman–Crippen MR) is 105 cm³/mol. The molecule has 0 aliphatic carbocycles. The molecular weight excluding hydrogens is 358 g/mol. The van der Waals surface area contributed by atoms with Gasteiger partial charge in [0, 0.05) is 19.2 Å². The molecule has 150 valence electrons. The molecule has 0 saturated carbocycles. The van der Waals surface area contributed by atoms with Crippen LogP contribution in [0.2, 0.25) is 0 Å². The maximum atomic E-state index is 12.5. The van der Waals surface area contributed by atoms with Gasteiger partial charge in [-0.3, -0.25) is 9.59 Å². The zero-order valence-electron chi connectivity index (χ0n) is 16.6. The number of carbonyl (C=O) groups excluding carboxylic acids is 1. The molecule has 0 radical (unpaired) electrons. The Kier molecular flexibility index (Phi) is 5.84. The van der Waals surface area contributed by atoms with E-state index in [9.17, 15) is 14.7 Å². The van der Waals surface area contributed by atoms with Gasteiger partial charge in [-0.25, -0.2) is 4.68 Å². The van der Waals surface area contributed by atoms with Gasteiger partial charge in [0.1, 0.15) is 24.5 Å². The molecular formula is C21H27N3O4. The lowest BCUT2D eigenvalue weighted by atomic mass is 9.92. The lowest BCUT2D eigenvalue weighted by Crippen LogP contribution is -2.50. The van der Waals surface area contributed by atoms with E-state index in [-0.39, 0.29) is 24.6 Å². The Labute approximate surface area is 164 Å². The Balaban J connectivity index is 1.54. The highest BCUT2D eigenvalue weighted by molar-refractivity contribution is 5.76. The van der Waals surface area contributed by atoms with E-state index >= 15 is 0 Å². The fourth-order valence-corrected chi connectivity index (χ4v) is 3.23. The van der Waals surface area contributed by atoms with Gasteiger partial charge >= 0.3 is 0 Å². The molecule has 1 fully saturated rings. The summed E-state index contributed by atoms with van der Waals surface area (Å²) in [5.74, 6) is 0.567. The molecule has 1 aromatic heterocycles. The summed E-state index contributed by atoms with van der Waals surface area (Å²) in [5.41, 5.74) is 1.76. The van der Waals surface area contributed by atoms with Crippen LogP contribution < -0.4 is 10.3 Å². The first-order chi connectivity index (χ1) is 13.3. The van der Waals surface area contributed by atoms with Crippen molar-refractivity contribution in [3.63, 3.8) is 0 Å². The van der Waals surface area contributed by atoms with Crippen LogP contribution in [0.4, 0.5) is 0 Å². The van der Waals surface area contributed by atoms with Crippen molar-refractivity contribution in [2.75, 3.05) is 19.7 Å². The number of aryl methyl sites for hydroxylation is 3. The number of piperidine rings is 1. The van der Waals surface area contributed by atoms with E-state index in [0.717, 1.165) is 11.3 Å². The molecule has 7 heteroatoms. The highest BCUT2D eigenvalue weighted by atomic mass is 16.5. The first-order valence-electron chi connectivity index (χ1n) is 9.51. The van der Waals surface area contributed by atoms with Crippen LogP contribution in [0.3, 0.4) is 0 Å². The van der Waals surface area contributed by atoms with Gasteiger partial charge in [-0.2, -0.15) is 5.10 Å². The van der Waals surface area contributed by atoms with Crippen molar-refractivity contribution in [3.8, 4) is 5.75 Å². The average Bonchev–Trinajstić information content (AvgIpc) is 2.66. The highest BCUT2D eigenvalue weighted by Gasteiger charge is 2.34. The third-order valence-corrected chi connectivity index (χ3v) is 5.32. The summed E-state index contributed by atoms with van der Waals surface area (Å²) < 4.78 is 6.98. The first kappa shape index (κ1) is 20.1. The van der Waals surface area contributed by atoms with Gasteiger partial charge in [-0.15, -0.1) is 0 Å². The molecule has 2 heterocycles. The Morgan fingerprint density at radius 1 is 1.14 bits per heavy atom. The standard InChI is InChI=1S/C21H27N3O4/c1-15-4-6-18(12-16(15)2)28-14-21(27)8-10-23(11-9-21)20(26)13-24-19(25)7-5-17(3)22-24/h4-7,12,27H,8-11,13-14H2,1-3H3. The number of benzene rings is 1. The molecule has 0 bridgehead atoms. The van der Waals surface area contributed by atoms with Crippen molar-refractivity contribution in [1.29, 1.82) is 0 Å². The molecule has 1 aliphatic rings. The Hall–Kier alpha value is -2.67. The van der Waals surface area contributed by atoms with Crippen LogP contribution in [0, 0.1) is 20.8 Å². The third-order valence-electron chi connectivity index (χ3n) is 5.32. The zero-order chi connectivity index (χ0) is 20.3. The number of aromatic nitrogens is 2. The topological polar surface area (TPSA) is 84.7 Å². The SMILES string of the molecule is Cc1ccc(=O)n(CC(=O)N2CCC(O)(COc3ccc(C)c(C)c3)CC2)n1. The minimum atomic E-state index is -0.964. The van der Waals surface area contributed by atoms with E-state index in [0.29, 0.717) is 31.6 Å². The molecule has 1 aromatic carbocycles.